The fraction of sp³-hybridized carbons (Fsp3) is 0.917. The zero-order valence-corrected chi connectivity index (χ0v) is 18.6. The molecule has 5 heteroatoms. The molecule has 1 aliphatic rings. The summed E-state index contributed by atoms with van der Waals surface area (Å²) in [6, 6.07) is 0. The third-order valence-corrected chi connectivity index (χ3v) is 5.71. The van der Waals surface area contributed by atoms with E-state index < -0.39 is 31.0 Å². The van der Waals surface area contributed by atoms with Gasteiger partial charge < -0.3 is 24.8 Å². The number of ether oxygens (including phenoxy) is 2. The SMILES string of the molecule is CCCCCCCCCCCCCC/C=C/CCO[C@H]1[C@@H]([C@H](O)CO)OC[C@@H]1O. The Hall–Kier alpha value is -0.460. The molecule has 4 atom stereocenters. The predicted octanol–water partition coefficient (Wildman–Crippen LogP) is 4.52. The van der Waals surface area contributed by atoms with E-state index in [4.69, 9.17) is 14.6 Å². The number of allylic oxidation sites excluding steroid dienone is 1. The van der Waals surface area contributed by atoms with E-state index in [-0.39, 0.29) is 6.61 Å². The van der Waals surface area contributed by atoms with Crippen molar-refractivity contribution in [1.29, 1.82) is 0 Å². The van der Waals surface area contributed by atoms with Gasteiger partial charge in [-0.1, -0.05) is 89.7 Å². The molecule has 0 radical (unpaired) electrons. The molecule has 1 rings (SSSR count). The molecule has 29 heavy (non-hydrogen) atoms. The Morgan fingerprint density at radius 2 is 1.45 bits per heavy atom. The van der Waals surface area contributed by atoms with Gasteiger partial charge in [-0.3, -0.25) is 0 Å². The first-order valence-electron chi connectivity index (χ1n) is 12.1. The van der Waals surface area contributed by atoms with Gasteiger partial charge in [-0.15, -0.1) is 0 Å². The highest BCUT2D eigenvalue weighted by atomic mass is 16.6. The maximum absolute atomic E-state index is 9.88. The van der Waals surface area contributed by atoms with Crippen molar-refractivity contribution in [3.8, 4) is 0 Å². The van der Waals surface area contributed by atoms with Crippen molar-refractivity contribution in [3.63, 3.8) is 0 Å². The molecule has 0 aliphatic carbocycles. The molecule has 0 saturated carbocycles. The van der Waals surface area contributed by atoms with Gasteiger partial charge in [-0.25, -0.2) is 0 Å². The Kier molecular flexibility index (Phi) is 16.8. The Morgan fingerprint density at radius 1 is 0.897 bits per heavy atom. The van der Waals surface area contributed by atoms with E-state index in [0.717, 1.165) is 12.8 Å². The highest BCUT2D eigenvalue weighted by Gasteiger charge is 2.40. The van der Waals surface area contributed by atoms with Crippen molar-refractivity contribution in [3.05, 3.63) is 12.2 Å². The van der Waals surface area contributed by atoms with Crippen LogP contribution in [0.1, 0.15) is 96.8 Å². The fourth-order valence-corrected chi connectivity index (χ4v) is 3.87. The van der Waals surface area contributed by atoms with Gasteiger partial charge in [0.2, 0.25) is 0 Å². The molecule has 0 spiro atoms. The second-order valence-electron chi connectivity index (χ2n) is 8.39. The maximum Gasteiger partial charge on any atom is 0.114 e. The molecule has 1 aliphatic heterocycles. The summed E-state index contributed by atoms with van der Waals surface area (Å²) >= 11 is 0. The van der Waals surface area contributed by atoms with E-state index in [9.17, 15) is 10.2 Å². The summed E-state index contributed by atoms with van der Waals surface area (Å²) in [7, 11) is 0. The Labute approximate surface area is 178 Å². The summed E-state index contributed by atoms with van der Waals surface area (Å²) in [5.74, 6) is 0. The van der Waals surface area contributed by atoms with Gasteiger partial charge in [-0.2, -0.15) is 0 Å². The highest BCUT2D eigenvalue weighted by Crippen LogP contribution is 2.21. The van der Waals surface area contributed by atoms with E-state index in [0.29, 0.717) is 6.61 Å². The summed E-state index contributed by atoms with van der Waals surface area (Å²) in [6.45, 7) is 2.50. The fourth-order valence-electron chi connectivity index (χ4n) is 3.87. The minimum atomic E-state index is -1.02. The number of aliphatic hydroxyl groups is 3. The summed E-state index contributed by atoms with van der Waals surface area (Å²) in [5, 5.41) is 28.6. The van der Waals surface area contributed by atoms with E-state index in [1.807, 2.05) is 0 Å². The molecule has 1 saturated heterocycles. The van der Waals surface area contributed by atoms with Crippen molar-refractivity contribution in [2.45, 2.75) is 121 Å². The lowest BCUT2D eigenvalue weighted by molar-refractivity contribution is -0.0924. The molecule has 5 nitrogen and oxygen atoms in total. The van der Waals surface area contributed by atoms with Crippen LogP contribution < -0.4 is 0 Å². The second kappa shape index (κ2) is 18.3. The summed E-state index contributed by atoms with van der Waals surface area (Å²) in [6.07, 6.45) is 19.7. The molecule has 3 N–H and O–H groups in total. The van der Waals surface area contributed by atoms with Crippen molar-refractivity contribution >= 4 is 0 Å². The van der Waals surface area contributed by atoms with Gasteiger partial charge in [0.25, 0.3) is 0 Å². The number of unbranched alkanes of at least 4 members (excludes halogenated alkanes) is 12. The molecule has 0 amide bonds. The monoisotopic (exact) mass is 414 g/mol. The molecule has 1 fully saturated rings. The minimum Gasteiger partial charge on any atom is -0.394 e. The van der Waals surface area contributed by atoms with Crippen LogP contribution in [-0.4, -0.2) is 59.6 Å². The largest absolute Gasteiger partial charge is 0.394 e. The lowest BCUT2D eigenvalue weighted by Gasteiger charge is -2.23. The van der Waals surface area contributed by atoms with Crippen LogP contribution in [0.25, 0.3) is 0 Å². The molecule has 172 valence electrons. The zero-order valence-electron chi connectivity index (χ0n) is 18.6. The first-order chi connectivity index (χ1) is 14.2. The van der Waals surface area contributed by atoms with Crippen molar-refractivity contribution in [1.82, 2.24) is 0 Å². The van der Waals surface area contributed by atoms with E-state index in [1.54, 1.807) is 0 Å². The summed E-state index contributed by atoms with van der Waals surface area (Å²) in [4.78, 5) is 0. The summed E-state index contributed by atoms with van der Waals surface area (Å²) in [5.41, 5.74) is 0. The van der Waals surface area contributed by atoms with Gasteiger partial charge in [-0.05, 0) is 19.3 Å². The number of hydrogen-bond donors (Lipinski definition) is 3. The van der Waals surface area contributed by atoms with Crippen LogP contribution in [0, 0.1) is 0 Å². The maximum atomic E-state index is 9.88. The van der Waals surface area contributed by atoms with Crippen LogP contribution in [0.2, 0.25) is 0 Å². The zero-order chi connectivity index (χ0) is 21.2. The van der Waals surface area contributed by atoms with Gasteiger partial charge in [0.15, 0.2) is 0 Å². The molecule has 0 aromatic heterocycles. The number of rotatable bonds is 19. The van der Waals surface area contributed by atoms with E-state index in [1.165, 1.54) is 77.0 Å². The van der Waals surface area contributed by atoms with Crippen LogP contribution in [0.5, 0.6) is 0 Å². The number of hydrogen-bond acceptors (Lipinski definition) is 5. The predicted molar refractivity (Wildman–Crippen MR) is 118 cm³/mol. The molecule has 0 unspecified atom stereocenters. The summed E-state index contributed by atoms with van der Waals surface area (Å²) < 4.78 is 11.0. The van der Waals surface area contributed by atoms with Gasteiger partial charge in [0.05, 0.1) is 19.8 Å². The molecule has 1 heterocycles. The third-order valence-electron chi connectivity index (χ3n) is 5.71. The van der Waals surface area contributed by atoms with Crippen LogP contribution in [-0.2, 0) is 9.47 Å². The third kappa shape index (κ3) is 12.7. The van der Waals surface area contributed by atoms with Crippen LogP contribution in [0.3, 0.4) is 0 Å². The second-order valence-corrected chi connectivity index (χ2v) is 8.39. The van der Waals surface area contributed by atoms with Crippen molar-refractivity contribution in [2.24, 2.45) is 0 Å². The molecule has 0 aromatic rings. The van der Waals surface area contributed by atoms with E-state index >= 15 is 0 Å². The van der Waals surface area contributed by atoms with Crippen LogP contribution in [0.15, 0.2) is 12.2 Å². The van der Waals surface area contributed by atoms with Gasteiger partial charge in [0.1, 0.15) is 24.4 Å². The topological polar surface area (TPSA) is 79.2 Å². The Balaban J connectivity index is 1.88. The first-order valence-corrected chi connectivity index (χ1v) is 12.1. The van der Waals surface area contributed by atoms with Crippen molar-refractivity contribution < 1.29 is 24.8 Å². The number of aliphatic hydroxyl groups excluding tert-OH is 3. The average Bonchev–Trinajstić information content (AvgIpc) is 3.10. The lowest BCUT2D eigenvalue weighted by Crippen LogP contribution is -2.42. The molecular weight excluding hydrogens is 368 g/mol. The molecule has 0 aromatic carbocycles. The quantitative estimate of drug-likeness (QED) is 0.214. The Bertz CT molecular complexity index is 387. The lowest BCUT2D eigenvalue weighted by atomic mass is 10.0. The van der Waals surface area contributed by atoms with Crippen LogP contribution in [0.4, 0.5) is 0 Å². The van der Waals surface area contributed by atoms with Crippen molar-refractivity contribution in [2.75, 3.05) is 19.8 Å². The normalized spacial score (nSPS) is 23.2. The molecule has 0 bridgehead atoms. The van der Waals surface area contributed by atoms with Gasteiger partial charge >= 0.3 is 0 Å². The van der Waals surface area contributed by atoms with E-state index in [2.05, 4.69) is 19.1 Å². The van der Waals surface area contributed by atoms with Gasteiger partial charge in [0, 0.05) is 0 Å². The Morgan fingerprint density at radius 3 is 2.03 bits per heavy atom. The molecular formula is C24H46O5. The highest BCUT2D eigenvalue weighted by molar-refractivity contribution is 4.89. The first kappa shape index (κ1) is 26.6. The standard InChI is InChI=1S/C24H46O5/c1-2-3-4-5-6-7-8-9-10-11-12-13-14-15-16-17-18-28-24-22(27)20-29-23(24)21(26)19-25/h15-16,21-27H,2-14,17-20H2,1H3/b16-15+/t21-,22+,23-,24-/m1/s1. The minimum absolute atomic E-state index is 0.140. The smallest absolute Gasteiger partial charge is 0.114 e. The van der Waals surface area contributed by atoms with Crippen LogP contribution >= 0.6 is 0 Å². The average molecular weight is 415 g/mol.